The van der Waals surface area contributed by atoms with E-state index in [0.717, 1.165) is 24.2 Å². The number of aryl methyl sites for hydroxylation is 2. The average Bonchev–Trinajstić information content (AvgIpc) is 2.25. The van der Waals surface area contributed by atoms with E-state index in [1.54, 1.807) is 0 Å². The summed E-state index contributed by atoms with van der Waals surface area (Å²) in [6, 6.07) is 4.09. The number of rotatable bonds is 5. The van der Waals surface area contributed by atoms with Crippen molar-refractivity contribution in [3.63, 3.8) is 0 Å². The van der Waals surface area contributed by atoms with Crippen molar-refractivity contribution in [2.45, 2.75) is 39.0 Å². The molecule has 0 unspecified atom stereocenters. The van der Waals surface area contributed by atoms with Crippen LogP contribution in [0.1, 0.15) is 30.5 Å². The topological polar surface area (TPSA) is 32.3 Å². The van der Waals surface area contributed by atoms with Crippen LogP contribution in [0.3, 0.4) is 0 Å². The molecule has 0 aliphatic rings. The standard InChI is InChI=1S/C14H23NOS/c1-10-6-12(7-11(2)13(10)16)8-15-9-14(3,4)17-5/h6-7,15-16H,8-9H2,1-5H3. The van der Waals surface area contributed by atoms with Gasteiger partial charge in [0.1, 0.15) is 5.75 Å². The molecular formula is C14H23NOS. The summed E-state index contributed by atoms with van der Waals surface area (Å²) in [6.45, 7) is 10.2. The summed E-state index contributed by atoms with van der Waals surface area (Å²) in [6.07, 6.45) is 2.14. The lowest BCUT2D eigenvalue weighted by Gasteiger charge is -2.22. The van der Waals surface area contributed by atoms with Crippen LogP contribution in [-0.2, 0) is 6.54 Å². The average molecular weight is 253 g/mol. The van der Waals surface area contributed by atoms with Gasteiger partial charge in [-0.3, -0.25) is 0 Å². The first-order valence-corrected chi connectivity index (χ1v) is 7.13. The minimum Gasteiger partial charge on any atom is -0.507 e. The number of phenolic OH excluding ortho intramolecular Hbond substituents is 1. The van der Waals surface area contributed by atoms with Crippen molar-refractivity contribution >= 4 is 11.8 Å². The van der Waals surface area contributed by atoms with E-state index in [1.807, 2.05) is 37.7 Å². The second kappa shape index (κ2) is 5.78. The Bertz CT molecular complexity index is 365. The van der Waals surface area contributed by atoms with Gasteiger partial charge in [0.05, 0.1) is 0 Å². The molecule has 1 aromatic rings. The molecule has 3 heteroatoms. The molecule has 2 nitrogen and oxygen atoms in total. The van der Waals surface area contributed by atoms with Gasteiger partial charge in [0.25, 0.3) is 0 Å². The normalized spacial score (nSPS) is 11.8. The molecule has 96 valence electrons. The van der Waals surface area contributed by atoms with Crippen LogP contribution in [0.25, 0.3) is 0 Å². The summed E-state index contributed by atoms with van der Waals surface area (Å²) >= 11 is 1.87. The predicted octanol–water partition coefficient (Wildman–Crippen LogP) is 3.24. The van der Waals surface area contributed by atoms with Crippen molar-refractivity contribution in [3.05, 3.63) is 28.8 Å². The third-order valence-electron chi connectivity index (χ3n) is 2.98. The second-order valence-corrected chi connectivity index (χ2v) is 6.66. The van der Waals surface area contributed by atoms with Crippen molar-refractivity contribution in [1.82, 2.24) is 5.32 Å². The van der Waals surface area contributed by atoms with Crippen LogP contribution in [-0.4, -0.2) is 22.7 Å². The number of phenols is 1. The zero-order valence-electron chi connectivity index (χ0n) is 11.4. The Morgan fingerprint density at radius 2 is 1.76 bits per heavy atom. The monoisotopic (exact) mass is 253 g/mol. The fraction of sp³-hybridized carbons (Fsp3) is 0.571. The summed E-state index contributed by atoms with van der Waals surface area (Å²) in [5.74, 6) is 0.415. The highest BCUT2D eigenvalue weighted by Crippen LogP contribution is 2.23. The highest BCUT2D eigenvalue weighted by Gasteiger charge is 2.14. The van der Waals surface area contributed by atoms with E-state index in [-0.39, 0.29) is 4.75 Å². The summed E-state index contributed by atoms with van der Waals surface area (Å²) in [4.78, 5) is 0. The van der Waals surface area contributed by atoms with Gasteiger partial charge in [-0.1, -0.05) is 12.1 Å². The number of hydrogen-bond acceptors (Lipinski definition) is 3. The van der Waals surface area contributed by atoms with E-state index in [9.17, 15) is 5.11 Å². The number of nitrogens with one attached hydrogen (secondary N) is 1. The van der Waals surface area contributed by atoms with Gasteiger partial charge < -0.3 is 10.4 Å². The van der Waals surface area contributed by atoms with Crippen LogP contribution in [0.15, 0.2) is 12.1 Å². The summed E-state index contributed by atoms with van der Waals surface area (Å²) in [5.41, 5.74) is 3.13. The van der Waals surface area contributed by atoms with Crippen molar-refractivity contribution in [1.29, 1.82) is 0 Å². The van der Waals surface area contributed by atoms with E-state index >= 15 is 0 Å². The molecule has 0 amide bonds. The first-order chi connectivity index (χ1) is 7.85. The Labute approximate surface area is 109 Å². The van der Waals surface area contributed by atoms with Gasteiger partial charge in [-0.05, 0) is 50.6 Å². The molecule has 1 rings (SSSR count). The molecule has 0 bridgehead atoms. The van der Waals surface area contributed by atoms with Crippen LogP contribution in [0, 0.1) is 13.8 Å². The molecular weight excluding hydrogens is 230 g/mol. The van der Waals surface area contributed by atoms with E-state index < -0.39 is 0 Å². The van der Waals surface area contributed by atoms with Gasteiger partial charge in [-0.2, -0.15) is 11.8 Å². The molecule has 2 N–H and O–H groups in total. The maximum absolute atomic E-state index is 9.70. The lowest BCUT2D eigenvalue weighted by molar-refractivity contribution is 0.466. The van der Waals surface area contributed by atoms with Gasteiger partial charge in [-0.25, -0.2) is 0 Å². The molecule has 0 aliphatic carbocycles. The van der Waals surface area contributed by atoms with Crippen molar-refractivity contribution in [3.8, 4) is 5.75 Å². The number of hydrogen-bond donors (Lipinski definition) is 2. The molecule has 17 heavy (non-hydrogen) atoms. The zero-order valence-corrected chi connectivity index (χ0v) is 12.2. The molecule has 0 radical (unpaired) electrons. The first-order valence-electron chi connectivity index (χ1n) is 5.90. The maximum Gasteiger partial charge on any atom is 0.121 e. The van der Waals surface area contributed by atoms with E-state index in [0.29, 0.717) is 5.75 Å². The minimum absolute atomic E-state index is 0.265. The zero-order chi connectivity index (χ0) is 13.1. The molecule has 0 fully saturated rings. The van der Waals surface area contributed by atoms with Gasteiger partial charge in [0.2, 0.25) is 0 Å². The smallest absolute Gasteiger partial charge is 0.121 e. The number of thioether (sulfide) groups is 1. The van der Waals surface area contributed by atoms with E-state index in [2.05, 4.69) is 25.4 Å². The van der Waals surface area contributed by atoms with Crippen LogP contribution in [0.4, 0.5) is 0 Å². The van der Waals surface area contributed by atoms with Gasteiger partial charge in [0, 0.05) is 17.8 Å². The minimum atomic E-state index is 0.265. The molecule has 0 spiro atoms. The highest BCUT2D eigenvalue weighted by molar-refractivity contribution is 7.99. The van der Waals surface area contributed by atoms with Gasteiger partial charge >= 0.3 is 0 Å². The Balaban J connectivity index is 2.59. The lowest BCUT2D eigenvalue weighted by Crippen LogP contribution is -2.31. The summed E-state index contributed by atoms with van der Waals surface area (Å²) in [7, 11) is 0. The van der Waals surface area contributed by atoms with Crippen LogP contribution in [0.2, 0.25) is 0 Å². The van der Waals surface area contributed by atoms with Crippen molar-refractivity contribution in [2.75, 3.05) is 12.8 Å². The largest absolute Gasteiger partial charge is 0.507 e. The molecule has 1 aromatic carbocycles. The van der Waals surface area contributed by atoms with Crippen LogP contribution >= 0.6 is 11.8 Å². The summed E-state index contributed by atoms with van der Waals surface area (Å²) in [5, 5.41) is 13.2. The lowest BCUT2D eigenvalue weighted by atomic mass is 10.1. The van der Waals surface area contributed by atoms with Crippen molar-refractivity contribution in [2.24, 2.45) is 0 Å². The molecule has 0 atom stereocenters. The summed E-state index contributed by atoms with van der Waals surface area (Å²) < 4.78 is 0.265. The van der Waals surface area contributed by atoms with Crippen LogP contribution < -0.4 is 5.32 Å². The SMILES string of the molecule is CSC(C)(C)CNCc1cc(C)c(O)c(C)c1. The van der Waals surface area contributed by atoms with Crippen LogP contribution in [0.5, 0.6) is 5.75 Å². The predicted molar refractivity (Wildman–Crippen MR) is 76.9 cm³/mol. The Hall–Kier alpha value is -0.670. The molecule has 0 aliphatic heterocycles. The van der Waals surface area contributed by atoms with E-state index in [1.165, 1.54) is 5.56 Å². The fourth-order valence-corrected chi connectivity index (χ4v) is 1.97. The quantitative estimate of drug-likeness (QED) is 0.845. The third kappa shape index (κ3) is 4.25. The Morgan fingerprint density at radius 3 is 2.24 bits per heavy atom. The third-order valence-corrected chi connectivity index (χ3v) is 4.23. The van der Waals surface area contributed by atoms with Gasteiger partial charge in [-0.15, -0.1) is 0 Å². The number of benzene rings is 1. The van der Waals surface area contributed by atoms with Gasteiger partial charge in [0.15, 0.2) is 0 Å². The van der Waals surface area contributed by atoms with E-state index in [4.69, 9.17) is 0 Å². The highest BCUT2D eigenvalue weighted by atomic mass is 32.2. The van der Waals surface area contributed by atoms with Crippen molar-refractivity contribution < 1.29 is 5.11 Å². The molecule has 0 saturated heterocycles. The molecule has 0 saturated carbocycles. The first kappa shape index (κ1) is 14.4. The second-order valence-electron chi connectivity index (χ2n) is 5.15. The Morgan fingerprint density at radius 1 is 1.24 bits per heavy atom. The Kier molecular flexibility index (Phi) is 4.90. The maximum atomic E-state index is 9.70. The molecule has 0 aromatic heterocycles. The molecule has 0 heterocycles. The number of aromatic hydroxyl groups is 1. The fourth-order valence-electron chi connectivity index (χ4n) is 1.73.